The van der Waals surface area contributed by atoms with Gasteiger partial charge in [0.05, 0.1) is 18.8 Å². The highest BCUT2D eigenvalue weighted by Crippen LogP contribution is 1.99. The van der Waals surface area contributed by atoms with E-state index in [1.165, 1.54) is 0 Å². The highest BCUT2D eigenvalue weighted by atomic mass is 16.5. The predicted octanol–water partition coefficient (Wildman–Crippen LogP) is 1.41. The van der Waals surface area contributed by atoms with E-state index in [1.54, 1.807) is 26.0 Å². The fourth-order valence-electron chi connectivity index (χ4n) is 0.995. The zero-order valence-corrected chi connectivity index (χ0v) is 10.6. The van der Waals surface area contributed by atoms with Crippen LogP contribution in [0.3, 0.4) is 0 Å². The predicted molar refractivity (Wildman–Crippen MR) is 66.1 cm³/mol. The summed E-state index contributed by atoms with van der Waals surface area (Å²) in [5.74, 6) is -0.824. The molecule has 0 saturated heterocycles. The van der Waals surface area contributed by atoms with Crippen LogP contribution in [0.1, 0.15) is 24.2 Å². The standard InChI is InChI=1S/C9H10O2.C4H8O3/c1-2-11-9(10)8-6-4-3-5-7-8;1-2-7-4(6)3-5/h3-7H,2H2,1H3;5H,2-3H2,1H3. The molecule has 0 spiro atoms. The Morgan fingerprint density at radius 1 is 1.06 bits per heavy atom. The summed E-state index contributed by atoms with van der Waals surface area (Å²) in [6.07, 6.45) is 0. The van der Waals surface area contributed by atoms with Crippen molar-refractivity contribution >= 4 is 11.9 Å². The Balaban J connectivity index is 0.000000360. The zero-order chi connectivity index (χ0) is 13.8. The SMILES string of the molecule is CCOC(=O)CO.CCOC(=O)c1ccccc1. The highest BCUT2D eigenvalue weighted by Gasteiger charge is 2.02. The third-order valence-electron chi connectivity index (χ3n) is 1.72. The minimum absolute atomic E-state index is 0.256. The summed E-state index contributed by atoms with van der Waals surface area (Å²) in [6.45, 7) is 3.72. The lowest BCUT2D eigenvalue weighted by atomic mass is 10.2. The lowest BCUT2D eigenvalue weighted by Crippen LogP contribution is -2.07. The van der Waals surface area contributed by atoms with Gasteiger partial charge < -0.3 is 14.6 Å². The van der Waals surface area contributed by atoms with Gasteiger partial charge in [0, 0.05) is 0 Å². The Morgan fingerprint density at radius 2 is 1.61 bits per heavy atom. The second-order valence-electron chi connectivity index (χ2n) is 3.05. The van der Waals surface area contributed by atoms with Crippen LogP contribution in [-0.2, 0) is 14.3 Å². The van der Waals surface area contributed by atoms with E-state index in [1.807, 2.05) is 18.2 Å². The van der Waals surface area contributed by atoms with Crippen molar-refractivity contribution in [1.29, 1.82) is 0 Å². The third kappa shape index (κ3) is 7.40. The Hall–Kier alpha value is -1.88. The number of hydrogen-bond acceptors (Lipinski definition) is 5. The molecule has 0 unspecified atom stereocenters. The summed E-state index contributed by atoms with van der Waals surface area (Å²) in [6, 6.07) is 8.96. The molecule has 0 atom stereocenters. The molecule has 0 aliphatic carbocycles. The quantitative estimate of drug-likeness (QED) is 0.822. The molecule has 0 aromatic heterocycles. The molecule has 18 heavy (non-hydrogen) atoms. The monoisotopic (exact) mass is 254 g/mol. The van der Waals surface area contributed by atoms with Crippen LogP contribution in [0.4, 0.5) is 0 Å². The Kier molecular flexibility index (Phi) is 9.21. The summed E-state index contributed by atoms with van der Waals surface area (Å²) in [7, 11) is 0. The van der Waals surface area contributed by atoms with Gasteiger partial charge in [-0.05, 0) is 26.0 Å². The van der Waals surface area contributed by atoms with Gasteiger partial charge in [0.1, 0.15) is 6.61 Å². The molecule has 0 bridgehead atoms. The molecular formula is C13H18O5. The lowest BCUT2D eigenvalue weighted by Gasteiger charge is -1.99. The van der Waals surface area contributed by atoms with E-state index in [-0.39, 0.29) is 5.97 Å². The van der Waals surface area contributed by atoms with Gasteiger partial charge in [0.2, 0.25) is 0 Å². The first-order chi connectivity index (χ1) is 8.65. The topological polar surface area (TPSA) is 72.8 Å². The first kappa shape index (κ1) is 16.1. The molecule has 1 aromatic carbocycles. The molecule has 100 valence electrons. The van der Waals surface area contributed by atoms with Gasteiger partial charge in [-0.15, -0.1) is 0 Å². The van der Waals surface area contributed by atoms with Crippen molar-refractivity contribution in [2.24, 2.45) is 0 Å². The van der Waals surface area contributed by atoms with Gasteiger partial charge >= 0.3 is 11.9 Å². The van der Waals surface area contributed by atoms with E-state index in [4.69, 9.17) is 9.84 Å². The summed E-state index contributed by atoms with van der Waals surface area (Å²) < 4.78 is 9.09. The van der Waals surface area contributed by atoms with E-state index >= 15 is 0 Å². The maximum absolute atomic E-state index is 11.0. The van der Waals surface area contributed by atoms with Crippen molar-refractivity contribution in [3.05, 3.63) is 35.9 Å². The minimum Gasteiger partial charge on any atom is -0.464 e. The van der Waals surface area contributed by atoms with E-state index in [9.17, 15) is 9.59 Å². The molecule has 0 amide bonds. The van der Waals surface area contributed by atoms with E-state index in [0.29, 0.717) is 18.8 Å². The largest absolute Gasteiger partial charge is 0.464 e. The summed E-state index contributed by atoms with van der Waals surface area (Å²) in [5, 5.41) is 7.99. The Labute approximate surface area is 106 Å². The van der Waals surface area contributed by atoms with Gasteiger partial charge in [-0.3, -0.25) is 0 Å². The summed E-state index contributed by atoms with van der Waals surface area (Å²) in [4.78, 5) is 21.0. The average molecular weight is 254 g/mol. The molecular weight excluding hydrogens is 236 g/mol. The molecule has 5 nitrogen and oxygen atoms in total. The first-order valence-corrected chi connectivity index (χ1v) is 5.64. The highest BCUT2D eigenvalue weighted by molar-refractivity contribution is 5.89. The van der Waals surface area contributed by atoms with Crippen molar-refractivity contribution in [3.8, 4) is 0 Å². The van der Waals surface area contributed by atoms with Gasteiger partial charge in [-0.25, -0.2) is 9.59 Å². The maximum atomic E-state index is 11.0. The number of esters is 2. The number of ether oxygens (including phenoxy) is 2. The number of carbonyl (C=O) groups excluding carboxylic acids is 2. The first-order valence-electron chi connectivity index (χ1n) is 5.64. The molecule has 5 heteroatoms. The van der Waals surface area contributed by atoms with E-state index in [2.05, 4.69) is 4.74 Å². The van der Waals surface area contributed by atoms with Gasteiger partial charge in [0.15, 0.2) is 0 Å². The maximum Gasteiger partial charge on any atom is 0.338 e. The second kappa shape index (κ2) is 10.3. The van der Waals surface area contributed by atoms with Crippen LogP contribution in [0.15, 0.2) is 30.3 Å². The molecule has 1 rings (SSSR count). The summed E-state index contributed by atoms with van der Waals surface area (Å²) in [5.41, 5.74) is 0.606. The molecule has 0 aliphatic rings. The van der Waals surface area contributed by atoms with Gasteiger partial charge in [-0.1, -0.05) is 18.2 Å². The van der Waals surface area contributed by atoms with Gasteiger partial charge in [-0.2, -0.15) is 0 Å². The van der Waals surface area contributed by atoms with Crippen LogP contribution in [-0.4, -0.2) is 36.9 Å². The molecule has 0 saturated carbocycles. The average Bonchev–Trinajstić information content (AvgIpc) is 2.41. The van der Waals surface area contributed by atoms with Crippen molar-refractivity contribution in [2.75, 3.05) is 19.8 Å². The minimum atomic E-state index is -0.567. The van der Waals surface area contributed by atoms with Crippen molar-refractivity contribution < 1.29 is 24.2 Å². The Morgan fingerprint density at radius 3 is 2.00 bits per heavy atom. The number of aliphatic hydroxyl groups is 1. The summed E-state index contributed by atoms with van der Waals surface area (Å²) >= 11 is 0. The van der Waals surface area contributed by atoms with Crippen LogP contribution in [0.5, 0.6) is 0 Å². The fraction of sp³-hybridized carbons (Fsp3) is 0.385. The molecule has 0 fully saturated rings. The van der Waals surface area contributed by atoms with Crippen LogP contribution < -0.4 is 0 Å². The normalized spacial score (nSPS) is 8.83. The lowest BCUT2D eigenvalue weighted by molar-refractivity contribution is -0.146. The number of aliphatic hydroxyl groups excluding tert-OH is 1. The molecule has 0 heterocycles. The molecule has 0 aliphatic heterocycles. The molecule has 1 N–H and O–H groups in total. The fourth-order valence-corrected chi connectivity index (χ4v) is 0.995. The smallest absolute Gasteiger partial charge is 0.338 e. The second-order valence-corrected chi connectivity index (χ2v) is 3.05. The van der Waals surface area contributed by atoms with E-state index in [0.717, 1.165) is 0 Å². The third-order valence-corrected chi connectivity index (χ3v) is 1.72. The van der Waals surface area contributed by atoms with Gasteiger partial charge in [0.25, 0.3) is 0 Å². The zero-order valence-electron chi connectivity index (χ0n) is 10.6. The molecule has 0 radical (unpaired) electrons. The van der Waals surface area contributed by atoms with Crippen molar-refractivity contribution in [3.63, 3.8) is 0 Å². The van der Waals surface area contributed by atoms with Crippen molar-refractivity contribution in [1.82, 2.24) is 0 Å². The van der Waals surface area contributed by atoms with Crippen LogP contribution in [0, 0.1) is 0 Å². The number of rotatable bonds is 4. The van der Waals surface area contributed by atoms with Crippen LogP contribution >= 0.6 is 0 Å². The number of carbonyl (C=O) groups is 2. The number of hydrogen-bond donors (Lipinski definition) is 1. The van der Waals surface area contributed by atoms with Crippen LogP contribution in [0.2, 0.25) is 0 Å². The number of benzene rings is 1. The van der Waals surface area contributed by atoms with Crippen LogP contribution in [0.25, 0.3) is 0 Å². The van der Waals surface area contributed by atoms with Crippen molar-refractivity contribution in [2.45, 2.75) is 13.8 Å². The Bertz CT molecular complexity index is 348. The molecule has 1 aromatic rings. The van der Waals surface area contributed by atoms with E-state index < -0.39 is 12.6 Å².